The van der Waals surface area contributed by atoms with Crippen molar-refractivity contribution in [3.8, 4) is 5.75 Å². The number of benzene rings is 2. The molecule has 0 radical (unpaired) electrons. The van der Waals surface area contributed by atoms with Crippen LogP contribution in [0.5, 0.6) is 5.75 Å². The molecule has 3 N–H and O–H groups in total. The Morgan fingerprint density at radius 1 is 0.953 bits per heavy atom. The lowest BCUT2D eigenvalue weighted by atomic mass is 10.0. The van der Waals surface area contributed by atoms with Gasteiger partial charge in [0.25, 0.3) is 0 Å². The first-order chi connectivity index (χ1) is 20.6. The monoisotopic (exact) mass is 593 g/mol. The van der Waals surface area contributed by atoms with Gasteiger partial charge in [0.05, 0.1) is 19.6 Å². The van der Waals surface area contributed by atoms with E-state index in [4.69, 9.17) is 4.74 Å². The van der Waals surface area contributed by atoms with Crippen LogP contribution in [0.15, 0.2) is 60.7 Å². The van der Waals surface area contributed by atoms with E-state index in [0.29, 0.717) is 12.2 Å². The van der Waals surface area contributed by atoms with Gasteiger partial charge in [-0.2, -0.15) is 0 Å². The maximum atomic E-state index is 13.4. The van der Waals surface area contributed by atoms with Gasteiger partial charge in [-0.15, -0.1) is 0 Å². The third-order valence-corrected chi connectivity index (χ3v) is 7.29. The number of rotatable bonds is 7. The summed E-state index contributed by atoms with van der Waals surface area (Å²) in [5, 5.41) is 8.41. The average Bonchev–Trinajstić information content (AvgIpc) is 2.99. The maximum absolute atomic E-state index is 13.4. The first-order valence-corrected chi connectivity index (χ1v) is 14.7. The quantitative estimate of drug-likeness (QED) is 0.445. The molecule has 0 aromatic heterocycles. The molecule has 0 saturated carbocycles. The molecule has 43 heavy (non-hydrogen) atoms. The van der Waals surface area contributed by atoms with E-state index in [0.717, 1.165) is 5.56 Å². The number of hydrogen-bond donors (Lipinski definition) is 3. The molecule has 1 saturated heterocycles. The largest absolute Gasteiger partial charge is 0.493 e. The molecule has 5 amide bonds. The predicted molar refractivity (Wildman–Crippen MR) is 162 cm³/mol. The zero-order valence-electron chi connectivity index (χ0n) is 25.4. The van der Waals surface area contributed by atoms with Gasteiger partial charge in [-0.1, -0.05) is 62.4 Å². The van der Waals surface area contributed by atoms with E-state index >= 15 is 0 Å². The number of amides is 5. The minimum atomic E-state index is -0.914. The van der Waals surface area contributed by atoms with Crippen LogP contribution in [0.3, 0.4) is 0 Å². The zero-order valence-corrected chi connectivity index (χ0v) is 25.4. The number of para-hydroxylation sites is 1. The molecule has 2 aromatic carbocycles. The SMILES string of the molecule is CC(C)[C@@H]1NC(=O)[C@@H](C)N(C(=O)CCOc2ccccc2)CCCNC(=O)[C@H](Cc2ccccc2)NC(=O)CN(C)C1=O. The second kappa shape index (κ2) is 16.3. The summed E-state index contributed by atoms with van der Waals surface area (Å²) < 4.78 is 5.69. The Hall–Kier alpha value is -4.41. The van der Waals surface area contributed by atoms with Crippen LogP contribution < -0.4 is 20.7 Å². The van der Waals surface area contributed by atoms with E-state index in [1.54, 1.807) is 32.9 Å². The molecule has 1 aliphatic heterocycles. The highest BCUT2D eigenvalue weighted by Crippen LogP contribution is 2.12. The van der Waals surface area contributed by atoms with E-state index < -0.39 is 35.8 Å². The molecule has 11 heteroatoms. The van der Waals surface area contributed by atoms with Crippen molar-refractivity contribution in [2.45, 2.75) is 58.2 Å². The smallest absolute Gasteiger partial charge is 0.245 e. The highest BCUT2D eigenvalue weighted by Gasteiger charge is 2.33. The summed E-state index contributed by atoms with van der Waals surface area (Å²) in [6, 6.07) is 15.8. The van der Waals surface area contributed by atoms with Crippen molar-refractivity contribution in [2.75, 3.05) is 33.3 Å². The molecule has 0 bridgehead atoms. The number of carbonyl (C=O) groups excluding carboxylic acids is 5. The standard InChI is InChI=1S/C32H43N5O6/c1-22(2)29-32(42)36(4)21-27(38)34-26(20-24-12-7-5-8-13-24)31(41)33-17-11-18-37(23(3)30(40)35-29)28(39)16-19-43-25-14-9-6-10-15-25/h5-10,12-15,22-23,26,29H,11,16-21H2,1-4H3,(H,33,41)(H,34,38)(H,35,40)/t23-,26+,29+/m1/s1. The summed E-state index contributed by atoms with van der Waals surface area (Å²) in [7, 11) is 1.48. The first-order valence-electron chi connectivity index (χ1n) is 14.7. The van der Waals surface area contributed by atoms with Gasteiger partial charge in [-0.25, -0.2) is 0 Å². The molecule has 1 fully saturated rings. The fourth-order valence-corrected chi connectivity index (χ4v) is 4.79. The second-order valence-electron chi connectivity index (χ2n) is 11.1. The molecule has 11 nitrogen and oxygen atoms in total. The fourth-order valence-electron chi connectivity index (χ4n) is 4.79. The number of carbonyl (C=O) groups is 5. The van der Waals surface area contributed by atoms with Crippen LogP contribution in [0.1, 0.15) is 39.2 Å². The Morgan fingerprint density at radius 3 is 2.26 bits per heavy atom. The number of nitrogens with one attached hydrogen (secondary N) is 3. The molecular formula is C32H43N5O6. The third kappa shape index (κ3) is 10.1. The normalized spacial score (nSPS) is 21.2. The lowest BCUT2D eigenvalue weighted by molar-refractivity contribution is -0.143. The molecule has 0 aliphatic carbocycles. The number of likely N-dealkylation sites (N-methyl/N-ethyl adjacent to an activating group) is 1. The van der Waals surface area contributed by atoms with Crippen molar-refractivity contribution in [1.29, 1.82) is 0 Å². The Labute approximate surface area is 253 Å². The van der Waals surface area contributed by atoms with Crippen molar-refractivity contribution in [3.05, 3.63) is 66.2 Å². The highest BCUT2D eigenvalue weighted by molar-refractivity contribution is 5.94. The van der Waals surface area contributed by atoms with Crippen LogP contribution in [0.2, 0.25) is 0 Å². The van der Waals surface area contributed by atoms with Crippen molar-refractivity contribution < 1.29 is 28.7 Å². The van der Waals surface area contributed by atoms with Gasteiger partial charge in [-0.05, 0) is 37.0 Å². The summed E-state index contributed by atoms with van der Waals surface area (Å²) in [4.78, 5) is 68.9. The number of nitrogens with zero attached hydrogens (tertiary/aromatic N) is 2. The molecule has 1 heterocycles. The summed E-state index contributed by atoms with van der Waals surface area (Å²) in [6.45, 7) is 5.46. The van der Waals surface area contributed by atoms with Crippen LogP contribution in [0.25, 0.3) is 0 Å². The van der Waals surface area contributed by atoms with Gasteiger partial charge < -0.3 is 30.5 Å². The van der Waals surface area contributed by atoms with Gasteiger partial charge in [0.15, 0.2) is 0 Å². The Bertz CT molecular complexity index is 1240. The molecule has 3 atom stereocenters. The van der Waals surface area contributed by atoms with Crippen LogP contribution in [-0.2, 0) is 30.4 Å². The molecule has 2 aromatic rings. The van der Waals surface area contributed by atoms with E-state index in [-0.39, 0.29) is 56.8 Å². The summed E-state index contributed by atoms with van der Waals surface area (Å²) in [6.07, 6.45) is 0.680. The Morgan fingerprint density at radius 2 is 1.60 bits per heavy atom. The minimum Gasteiger partial charge on any atom is -0.493 e. The lowest BCUT2D eigenvalue weighted by Crippen LogP contribution is -2.57. The summed E-state index contributed by atoms with van der Waals surface area (Å²) >= 11 is 0. The molecule has 1 aliphatic rings. The molecule has 232 valence electrons. The topological polar surface area (TPSA) is 137 Å². The average molecular weight is 594 g/mol. The fraction of sp³-hybridized carbons (Fsp3) is 0.469. The summed E-state index contributed by atoms with van der Waals surface area (Å²) in [5.74, 6) is -1.74. The predicted octanol–water partition coefficient (Wildman–Crippen LogP) is 1.52. The van der Waals surface area contributed by atoms with Crippen molar-refractivity contribution in [2.24, 2.45) is 5.92 Å². The molecule has 0 unspecified atom stereocenters. The van der Waals surface area contributed by atoms with Crippen molar-refractivity contribution in [1.82, 2.24) is 25.8 Å². The molecule has 3 rings (SSSR count). The lowest BCUT2D eigenvalue weighted by Gasteiger charge is -2.32. The Balaban J connectivity index is 1.80. The number of hydrogen-bond acceptors (Lipinski definition) is 6. The zero-order chi connectivity index (χ0) is 31.4. The van der Waals surface area contributed by atoms with E-state index in [9.17, 15) is 24.0 Å². The minimum absolute atomic E-state index is 0.0410. The van der Waals surface area contributed by atoms with Crippen molar-refractivity contribution in [3.63, 3.8) is 0 Å². The van der Waals surface area contributed by atoms with Crippen LogP contribution >= 0.6 is 0 Å². The molecular weight excluding hydrogens is 550 g/mol. The van der Waals surface area contributed by atoms with E-state index in [1.165, 1.54) is 16.8 Å². The Kier molecular flexibility index (Phi) is 12.5. The maximum Gasteiger partial charge on any atom is 0.245 e. The summed E-state index contributed by atoms with van der Waals surface area (Å²) in [5.41, 5.74) is 0.868. The van der Waals surface area contributed by atoms with Gasteiger partial charge in [-0.3, -0.25) is 24.0 Å². The van der Waals surface area contributed by atoms with Gasteiger partial charge >= 0.3 is 0 Å². The van der Waals surface area contributed by atoms with Gasteiger partial charge in [0.1, 0.15) is 23.9 Å². The van der Waals surface area contributed by atoms with Gasteiger partial charge in [0, 0.05) is 26.6 Å². The van der Waals surface area contributed by atoms with Gasteiger partial charge in [0.2, 0.25) is 29.5 Å². The highest BCUT2D eigenvalue weighted by atomic mass is 16.5. The van der Waals surface area contributed by atoms with Crippen LogP contribution in [-0.4, -0.2) is 90.8 Å². The first kappa shape index (κ1) is 33.1. The third-order valence-electron chi connectivity index (χ3n) is 7.29. The molecule has 0 spiro atoms. The van der Waals surface area contributed by atoms with Crippen LogP contribution in [0, 0.1) is 5.92 Å². The van der Waals surface area contributed by atoms with Crippen molar-refractivity contribution >= 4 is 29.5 Å². The van der Waals surface area contributed by atoms with Crippen LogP contribution in [0.4, 0.5) is 0 Å². The number of ether oxygens (including phenoxy) is 1. The van der Waals surface area contributed by atoms with E-state index in [1.807, 2.05) is 48.5 Å². The second-order valence-corrected chi connectivity index (χ2v) is 11.1. The van der Waals surface area contributed by atoms with E-state index in [2.05, 4.69) is 16.0 Å².